The summed E-state index contributed by atoms with van der Waals surface area (Å²) >= 11 is 0. The van der Waals surface area contributed by atoms with Crippen molar-refractivity contribution in [2.45, 2.75) is 0 Å². The van der Waals surface area contributed by atoms with E-state index >= 15 is 0 Å². The fourth-order valence-corrected chi connectivity index (χ4v) is 96.9. The summed E-state index contributed by atoms with van der Waals surface area (Å²) in [4.78, 5) is 0. The Hall–Kier alpha value is 8.19. The van der Waals surface area contributed by atoms with Crippen molar-refractivity contribution in [3.05, 3.63) is 0 Å². The van der Waals surface area contributed by atoms with Crippen LogP contribution in [0.2, 0.25) is 0 Å². The summed E-state index contributed by atoms with van der Waals surface area (Å²) in [5.74, 6) is 0. The molecular weight excluding hydrogens is 805 g/mol. The van der Waals surface area contributed by atoms with Crippen LogP contribution in [-0.4, -0.2) is 0 Å². The molecule has 0 fully saturated rings. The van der Waals surface area contributed by atoms with Crippen molar-refractivity contribution in [3.8, 4) is 0 Å². The summed E-state index contributed by atoms with van der Waals surface area (Å²) in [6.45, 7) is 1.21. The minimum Gasteiger partial charge on any atom is -0.0774 e. The van der Waals surface area contributed by atoms with Gasteiger partial charge in [-0.1, -0.05) is 8.93 Å². The van der Waals surface area contributed by atoms with E-state index in [2.05, 4.69) is 17.3 Å². The van der Waals surface area contributed by atoms with Gasteiger partial charge in [0.05, 0.1) is 0 Å². The Bertz CT molecular complexity index is 747. The maximum absolute atomic E-state index is 4.20. The van der Waals surface area contributed by atoms with Crippen molar-refractivity contribution in [2.75, 3.05) is 0 Å². The minimum absolute atomic E-state index is 1.21. The normalized spacial score (nSPS) is 14.6. The van der Waals surface area contributed by atoms with Gasteiger partial charge >= 0.3 is 106 Å². The van der Waals surface area contributed by atoms with Gasteiger partial charge in [-0.3, -0.25) is 0 Å². The van der Waals surface area contributed by atoms with E-state index in [4.69, 9.17) is 0 Å². The summed E-state index contributed by atoms with van der Waals surface area (Å²) < 4.78 is 0. The van der Waals surface area contributed by atoms with Gasteiger partial charge in [-0.05, 0) is 68.0 Å². The summed E-state index contributed by atoms with van der Waals surface area (Å²) in [5, 5.41) is 0. The predicted molar refractivity (Wildman–Crippen MR) is 183 cm³/mol. The van der Waals surface area contributed by atoms with Crippen molar-refractivity contribution in [2.24, 2.45) is 0 Å². The van der Waals surface area contributed by atoms with Crippen LogP contribution in [0.15, 0.2) is 0 Å². The smallest absolute Gasteiger partial charge is 0.0774 e. The van der Waals surface area contributed by atoms with E-state index in [1.54, 1.807) is 144 Å². The predicted octanol–water partition coefficient (Wildman–Crippen LogP) is 21.9. The summed E-state index contributed by atoms with van der Waals surface area (Å²) in [5.41, 5.74) is 0. The van der Waals surface area contributed by atoms with Crippen molar-refractivity contribution in [3.63, 3.8) is 0 Å². The van der Waals surface area contributed by atoms with Crippen molar-refractivity contribution in [1.82, 2.24) is 0 Å². The van der Waals surface area contributed by atoms with Crippen LogP contribution in [0, 0.1) is 0 Å². The number of rotatable bonds is 11. The van der Waals surface area contributed by atoms with Crippen molar-refractivity contribution >= 4 is 198 Å². The molecule has 1 atom stereocenters. The molecule has 0 nitrogen and oxygen atoms in total. The molecule has 0 aliphatic carbocycles. The van der Waals surface area contributed by atoms with E-state index in [1.807, 2.05) is 0 Å². The third kappa shape index (κ3) is 32.2. The summed E-state index contributed by atoms with van der Waals surface area (Å²) in [6, 6.07) is 0. The van der Waals surface area contributed by atoms with E-state index in [0.29, 0.717) is 0 Å². The molecule has 0 aromatic carbocycles. The maximum atomic E-state index is 4.20. The zero-order chi connectivity index (χ0) is 19.0. The monoisotopic (exact) mass is 807 g/mol. The van der Waals surface area contributed by atoms with E-state index in [9.17, 15) is 0 Å². The molecule has 0 N–H and O–H groups in total. The molecule has 0 spiro atoms. The third-order valence-electron chi connectivity index (χ3n) is 0.932. The molecule has 0 radical (unpaired) electrons. The molecule has 0 bridgehead atoms. The van der Waals surface area contributed by atoms with Gasteiger partial charge in [0.2, 0.25) is 0 Å². The second-order valence-corrected chi connectivity index (χ2v) is 58.7. The standard InChI is InChI=1S/H2P26/c1-3-5-7-9-11-13-15-17-19-21-23-25-26-24-22-20-18-16-14-12-10-8-6-4-2/h1H2. The van der Waals surface area contributed by atoms with Crippen LogP contribution in [0.1, 0.15) is 0 Å². The fraction of sp³-hybridized carbons (Fsp3) is 0. The van der Waals surface area contributed by atoms with Crippen LogP contribution >= 0.6 is 198 Å². The van der Waals surface area contributed by atoms with Gasteiger partial charge in [0.15, 0.2) is 0 Å². The molecule has 0 aromatic rings. The van der Waals surface area contributed by atoms with E-state index in [-0.39, 0.29) is 0 Å². The van der Waals surface area contributed by atoms with E-state index in [0.717, 1.165) is 0 Å². The van der Waals surface area contributed by atoms with Gasteiger partial charge in [0, 0.05) is 15.1 Å². The molecule has 26 heteroatoms. The van der Waals surface area contributed by atoms with Gasteiger partial charge < -0.3 is 0 Å². The minimum atomic E-state index is 1.21. The second kappa shape index (κ2) is 33.2. The Labute approximate surface area is 196 Å². The number of hydrogen-bond acceptors (Lipinski definition) is 0. The SMILES string of the molecule is P#P=PP=PP=PP=PP=PP=PP=PP=PP=PP=PP=PP=PP. The first kappa shape index (κ1) is 34.2. The Morgan fingerprint density at radius 3 is 0.692 bits per heavy atom. The van der Waals surface area contributed by atoms with Gasteiger partial charge in [-0.15, -0.1) is 0 Å². The molecule has 26 heavy (non-hydrogen) atoms. The molecule has 0 aliphatic rings. The third-order valence-corrected chi connectivity index (χ3v) is 75.5. The average molecular weight is 807 g/mol. The molecule has 0 saturated carbocycles. The Morgan fingerprint density at radius 1 is 0.308 bits per heavy atom. The first-order valence-electron chi connectivity index (χ1n) is 5.06. The van der Waals surface area contributed by atoms with Gasteiger partial charge in [-0.2, -0.15) is 0 Å². The molecule has 1 unspecified atom stereocenters. The average Bonchev–Trinajstić information content (AvgIpc) is 2.66. The first-order valence-corrected chi connectivity index (χ1v) is 45.5. The summed E-state index contributed by atoms with van der Waals surface area (Å²) in [6.07, 6.45) is 0. The van der Waals surface area contributed by atoms with Gasteiger partial charge in [-0.25, -0.2) is 0 Å². The molecule has 132 valence electrons. The van der Waals surface area contributed by atoms with Crippen LogP contribution < -0.4 is 0 Å². The number of hydrogen-bond donors (Lipinski definition) is 0. The molecular formula is H2P26. The molecule has 0 amide bonds. The molecule has 0 aliphatic heterocycles. The van der Waals surface area contributed by atoms with Crippen LogP contribution in [0.5, 0.6) is 0 Å². The van der Waals surface area contributed by atoms with Crippen LogP contribution in [0.4, 0.5) is 0 Å². The van der Waals surface area contributed by atoms with Crippen LogP contribution in [-0.2, 0) is 0 Å². The Kier molecular flexibility index (Phi) is 43.6. The van der Waals surface area contributed by atoms with Crippen LogP contribution in [0.25, 0.3) is 0 Å². The van der Waals surface area contributed by atoms with Crippen molar-refractivity contribution in [1.29, 1.82) is 0 Å². The molecule has 0 heterocycles. The fourth-order valence-electron chi connectivity index (χ4n) is 0.399. The van der Waals surface area contributed by atoms with Crippen LogP contribution in [0.3, 0.4) is 0 Å². The second-order valence-electron chi connectivity index (χ2n) is 2.17. The molecule has 0 rings (SSSR count). The van der Waals surface area contributed by atoms with Gasteiger partial charge in [0.25, 0.3) is 0 Å². The van der Waals surface area contributed by atoms with E-state index < -0.39 is 0 Å². The zero-order valence-electron chi connectivity index (χ0n) is 11.8. The van der Waals surface area contributed by atoms with Crippen molar-refractivity contribution < 1.29 is 0 Å². The molecule has 0 saturated heterocycles. The zero-order valence-corrected chi connectivity index (χ0v) is 35.3. The van der Waals surface area contributed by atoms with E-state index in [1.165, 1.54) is 37.2 Å². The topological polar surface area (TPSA) is 0 Å². The Morgan fingerprint density at radius 2 is 0.500 bits per heavy atom. The Balaban J connectivity index is 3.95. The quantitative estimate of drug-likeness (QED) is 0.182. The van der Waals surface area contributed by atoms with Gasteiger partial charge in [0.1, 0.15) is 0 Å². The first-order chi connectivity index (χ1) is 12.9. The molecule has 0 aromatic heterocycles. The summed E-state index contributed by atoms with van der Waals surface area (Å²) in [7, 11) is 43.0.